The fraction of sp³-hybridized carbons (Fsp3) is 0.647. The predicted octanol–water partition coefficient (Wildman–Crippen LogP) is 2.07. The largest absolute Gasteiger partial charge is 0.342 e. The van der Waals surface area contributed by atoms with Gasteiger partial charge in [0.05, 0.1) is 6.54 Å². The molecule has 0 radical (unpaired) electrons. The summed E-state index contributed by atoms with van der Waals surface area (Å²) in [7, 11) is 1.68. The van der Waals surface area contributed by atoms with Gasteiger partial charge in [0.15, 0.2) is 5.16 Å². The zero-order valence-corrected chi connectivity index (χ0v) is 16.4. The van der Waals surface area contributed by atoms with Crippen molar-refractivity contribution in [1.29, 1.82) is 0 Å². The van der Waals surface area contributed by atoms with E-state index in [2.05, 4.69) is 9.97 Å². The van der Waals surface area contributed by atoms with Gasteiger partial charge in [-0.1, -0.05) is 11.8 Å². The van der Waals surface area contributed by atoms with Gasteiger partial charge in [0.1, 0.15) is 0 Å². The minimum atomic E-state index is -0.0387. The number of likely N-dealkylation sites (N-methyl/N-ethyl adjacent to an activating group) is 2. The molecule has 0 fully saturated rings. The molecule has 0 aliphatic heterocycles. The SMILES string of the molecule is CCN(CC)C(=O)CN(C)C(=O)CCc1c(C)nc(SC)nc1C. The van der Waals surface area contributed by atoms with Crippen LogP contribution < -0.4 is 0 Å². The molecule has 0 bridgehead atoms. The van der Waals surface area contributed by atoms with E-state index in [1.165, 1.54) is 16.7 Å². The number of thioether (sulfide) groups is 1. The third-order valence-corrected chi connectivity index (χ3v) is 4.63. The molecule has 134 valence electrons. The van der Waals surface area contributed by atoms with Gasteiger partial charge in [-0.25, -0.2) is 9.97 Å². The minimum absolute atomic E-state index is 0.0177. The third-order valence-electron chi connectivity index (χ3n) is 4.09. The summed E-state index contributed by atoms with van der Waals surface area (Å²) in [4.78, 5) is 36.5. The molecule has 0 N–H and O–H groups in total. The van der Waals surface area contributed by atoms with Crippen molar-refractivity contribution in [2.24, 2.45) is 0 Å². The molecule has 0 atom stereocenters. The van der Waals surface area contributed by atoms with E-state index in [-0.39, 0.29) is 18.4 Å². The predicted molar refractivity (Wildman–Crippen MR) is 97.2 cm³/mol. The summed E-state index contributed by atoms with van der Waals surface area (Å²) in [5, 5.41) is 0.752. The highest BCUT2D eigenvalue weighted by atomic mass is 32.2. The van der Waals surface area contributed by atoms with Crippen molar-refractivity contribution in [3.8, 4) is 0 Å². The fourth-order valence-corrected chi connectivity index (χ4v) is 3.01. The Morgan fingerprint density at radius 2 is 1.58 bits per heavy atom. The summed E-state index contributed by atoms with van der Waals surface area (Å²) in [5.41, 5.74) is 2.85. The van der Waals surface area contributed by atoms with Gasteiger partial charge in [0.2, 0.25) is 11.8 Å². The summed E-state index contributed by atoms with van der Waals surface area (Å²) in [6, 6.07) is 0. The maximum Gasteiger partial charge on any atom is 0.242 e. The van der Waals surface area contributed by atoms with Crippen LogP contribution in [0.3, 0.4) is 0 Å². The van der Waals surface area contributed by atoms with E-state index >= 15 is 0 Å². The van der Waals surface area contributed by atoms with Crippen LogP contribution in [0.15, 0.2) is 5.16 Å². The first-order valence-electron chi connectivity index (χ1n) is 8.23. The normalized spacial score (nSPS) is 10.6. The molecule has 2 amide bonds. The molecular formula is C17H28N4O2S. The number of amides is 2. The molecule has 0 saturated heterocycles. The van der Waals surface area contributed by atoms with Crippen LogP contribution in [-0.2, 0) is 16.0 Å². The maximum atomic E-state index is 12.3. The Morgan fingerprint density at radius 3 is 2.04 bits per heavy atom. The van der Waals surface area contributed by atoms with Crippen molar-refractivity contribution in [1.82, 2.24) is 19.8 Å². The van der Waals surface area contributed by atoms with Gasteiger partial charge in [-0.05, 0) is 45.9 Å². The van der Waals surface area contributed by atoms with Crippen molar-refractivity contribution >= 4 is 23.6 Å². The fourth-order valence-electron chi connectivity index (χ4n) is 2.55. The first-order valence-corrected chi connectivity index (χ1v) is 9.46. The van der Waals surface area contributed by atoms with Crippen LogP contribution in [0.1, 0.15) is 37.2 Å². The lowest BCUT2D eigenvalue weighted by molar-refractivity contribution is -0.139. The Bertz CT molecular complexity index is 565. The van der Waals surface area contributed by atoms with Crippen LogP contribution in [0, 0.1) is 13.8 Å². The molecule has 1 aromatic rings. The Balaban J connectivity index is 2.64. The molecule has 0 saturated carbocycles. The summed E-state index contributed by atoms with van der Waals surface area (Å²) >= 11 is 1.51. The van der Waals surface area contributed by atoms with Crippen molar-refractivity contribution in [2.45, 2.75) is 45.7 Å². The van der Waals surface area contributed by atoms with E-state index in [1.54, 1.807) is 11.9 Å². The van der Waals surface area contributed by atoms with Crippen molar-refractivity contribution < 1.29 is 9.59 Å². The average molecular weight is 353 g/mol. The molecule has 0 aliphatic carbocycles. The summed E-state index contributed by atoms with van der Waals surface area (Å²) in [5.74, 6) is -0.0564. The monoisotopic (exact) mass is 352 g/mol. The van der Waals surface area contributed by atoms with Crippen LogP contribution in [0.2, 0.25) is 0 Å². The Kier molecular flexibility index (Phi) is 8.18. The van der Waals surface area contributed by atoms with Gasteiger partial charge in [-0.3, -0.25) is 9.59 Å². The molecule has 0 spiro atoms. The standard InChI is InChI=1S/C17H28N4O2S/c1-7-21(8-2)16(23)11-20(5)15(22)10-9-14-12(3)18-17(24-6)19-13(14)4/h7-11H2,1-6H3. The van der Waals surface area contributed by atoms with Crippen molar-refractivity contribution in [3.05, 3.63) is 17.0 Å². The lowest BCUT2D eigenvalue weighted by Crippen LogP contribution is -2.41. The molecule has 24 heavy (non-hydrogen) atoms. The minimum Gasteiger partial charge on any atom is -0.342 e. The molecule has 0 aliphatic rings. The van der Waals surface area contributed by atoms with Crippen LogP contribution in [0.5, 0.6) is 0 Å². The molecule has 6 nitrogen and oxygen atoms in total. The second-order valence-electron chi connectivity index (χ2n) is 5.68. The second-order valence-corrected chi connectivity index (χ2v) is 6.45. The second kappa shape index (κ2) is 9.61. The molecule has 1 aromatic heterocycles. The van der Waals surface area contributed by atoms with E-state index in [0.717, 1.165) is 22.1 Å². The van der Waals surface area contributed by atoms with Gasteiger partial charge in [0.25, 0.3) is 0 Å². The maximum absolute atomic E-state index is 12.3. The highest BCUT2D eigenvalue weighted by Gasteiger charge is 2.17. The van der Waals surface area contributed by atoms with Crippen LogP contribution in [0.25, 0.3) is 0 Å². The van der Waals surface area contributed by atoms with Gasteiger partial charge < -0.3 is 9.80 Å². The first-order chi connectivity index (χ1) is 11.3. The van der Waals surface area contributed by atoms with Crippen molar-refractivity contribution in [3.63, 3.8) is 0 Å². The molecule has 7 heteroatoms. The third kappa shape index (κ3) is 5.47. The molecule has 1 heterocycles. The zero-order chi connectivity index (χ0) is 18.3. The Hall–Kier alpha value is -1.63. The zero-order valence-electron chi connectivity index (χ0n) is 15.5. The van der Waals surface area contributed by atoms with E-state index in [4.69, 9.17) is 0 Å². The number of aromatic nitrogens is 2. The number of carbonyl (C=O) groups excluding carboxylic acids is 2. The number of aryl methyl sites for hydroxylation is 2. The van der Waals surface area contributed by atoms with Crippen LogP contribution >= 0.6 is 11.8 Å². The van der Waals surface area contributed by atoms with Gasteiger partial charge >= 0.3 is 0 Å². The van der Waals surface area contributed by atoms with Crippen LogP contribution in [-0.4, -0.2) is 64.5 Å². The lowest BCUT2D eigenvalue weighted by Gasteiger charge is -2.23. The Labute approximate surface area is 149 Å². The lowest BCUT2D eigenvalue weighted by atomic mass is 10.1. The number of nitrogens with zero attached hydrogens (tertiary/aromatic N) is 4. The summed E-state index contributed by atoms with van der Waals surface area (Å²) < 4.78 is 0. The van der Waals surface area contributed by atoms with Gasteiger partial charge in [-0.2, -0.15) is 0 Å². The quantitative estimate of drug-likeness (QED) is 0.529. The number of hydrogen-bond acceptors (Lipinski definition) is 5. The molecule has 0 unspecified atom stereocenters. The molecule has 0 aromatic carbocycles. The first kappa shape index (κ1) is 20.4. The number of carbonyl (C=O) groups is 2. The van der Waals surface area contributed by atoms with E-state index in [9.17, 15) is 9.59 Å². The molecular weight excluding hydrogens is 324 g/mol. The van der Waals surface area contributed by atoms with E-state index in [0.29, 0.717) is 25.9 Å². The van der Waals surface area contributed by atoms with Gasteiger partial charge in [-0.15, -0.1) is 0 Å². The highest BCUT2D eigenvalue weighted by Crippen LogP contribution is 2.17. The summed E-state index contributed by atoms with van der Waals surface area (Å²) in [6.07, 6.45) is 2.89. The number of rotatable bonds is 8. The highest BCUT2D eigenvalue weighted by molar-refractivity contribution is 7.98. The average Bonchev–Trinajstić information content (AvgIpc) is 2.54. The Morgan fingerprint density at radius 1 is 1.04 bits per heavy atom. The van der Waals surface area contributed by atoms with E-state index < -0.39 is 0 Å². The smallest absolute Gasteiger partial charge is 0.242 e. The van der Waals surface area contributed by atoms with E-state index in [1.807, 2.05) is 34.0 Å². The number of hydrogen-bond donors (Lipinski definition) is 0. The topological polar surface area (TPSA) is 66.4 Å². The summed E-state index contributed by atoms with van der Waals surface area (Å²) in [6.45, 7) is 9.22. The van der Waals surface area contributed by atoms with Gasteiger partial charge in [0, 0.05) is 37.9 Å². The van der Waals surface area contributed by atoms with Crippen molar-refractivity contribution in [2.75, 3.05) is 32.9 Å². The molecule has 1 rings (SSSR count). The van der Waals surface area contributed by atoms with Crippen LogP contribution in [0.4, 0.5) is 0 Å².